The summed E-state index contributed by atoms with van der Waals surface area (Å²) in [6.07, 6.45) is 6.54. The molecular formula is C16H22N2O3. The first-order chi connectivity index (χ1) is 10.2. The summed E-state index contributed by atoms with van der Waals surface area (Å²) in [5.41, 5.74) is 1.09. The van der Waals surface area contributed by atoms with Crippen LogP contribution in [0.2, 0.25) is 0 Å². The van der Waals surface area contributed by atoms with Crippen LogP contribution in [0, 0.1) is 12.3 Å². The molecule has 2 amide bonds. The number of amides is 2. The molecule has 0 saturated carbocycles. The van der Waals surface area contributed by atoms with E-state index in [0.29, 0.717) is 13.0 Å². The number of nitrogens with one attached hydrogen (secondary N) is 2. The second kappa shape index (κ2) is 9.67. The van der Waals surface area contributed by atoms with Crippen LogP contribution in [0.15, 0.2) is 24.3 Å². The zero-order chi connectivity index (χ0) is 15.5. The minimum atomic E-state index is -0.259. The van der Waals surface area contributed by atoms with Gasteiger partial charge in [-0.2, -0.15) is 0 Å². The summed E-state index contributed by atoms with van der Waals surface area (Å²) in [5, 5.41) is 14.5. The van der Waals surface area contributed by atoms with Crippen molar-refractivity contribution in [3.05, 3.63) is 29.8 Å². The molecule has 1 rings (SSSR count). The van der Waals surface area contributed by atoms with Crippen LogP contribution >= 0.6 is 0 Å². The highest BCUT2D eigenvalue weighted by Crippen LogP contribution is 2.12. The van der Waals surface area contributed by atoms with Crippen molar-refractivity contribution in [1.29, 1.82) is 0 Å². The molecule has 0 fully saturated rings. The highest BCUT2D eigenvalue weighted by molar-refractivity contribution is 5.74. The minimum absolute atomic E-state index is 0.0525. The number of hydrogen-bond acceptors (Lipinski definition) is 3. The van der Waals surface area contributed by atoms with E-state index in [4.69, 9.17) is 16.3 Å². The van der Waals surface area contributed by atoms with Crippen LogP contribution in [-0.2, 0) is 6.42 Å². The second-order valence-corrected chi connectivity index (χ2v) is 4.57. The van der Waals surface area contributed by atoms with Crippen LogP contribution < -0.4 is 15.4 Å². The molecule has 1 unspecified atom stereocenters. The molecule has 0 heterocycles. The van der Waals surface area contributed by atoms with E-state index in [1.165, 1.54) is 0 Å². The van der Waals surface area contributed by atoms with Crippen molar-refractivity contribution in [3.8, 4) is 18.1 Å². The Morgan fingerprint density at radius 2 is 2.14 bits per heavy atom. The van der Waals surface area contributed by atoms with Crippen molar-refractivity contribution >= 4 is 6.03 Å². The van der Waals surface area contributed by atoms with E-state index in [1.807, 2.05) is 31.2 Å². The Bertz CT molecular complexity index is 461. The first kappa shape index (κ1) is 16.9. The Morgan fingerprint density at radius 3 is 2.71 bits per heavy atom. The van der Waals surface area contributed by atoms with Gasteiger partial charge >= 0.3 is 6.03 Å². The van der Waals surface area contributed by atoms with E-state index < -0.39 is 0 Å². The molecule has 1 aromatic rings. The average Bonchev–Trinajstić information content (AvgIpc) is 2.51. The van der Waals surface area contributed by atoms with Gasteiger partial charge in [0.15, 0.2) is 0 Å². The molecular weight excluding hydrogens is 268 g/mol. The molecule has 0 aliphatic carbocycles. The third-order valence-corrected chi connectivity index (χ3v) is 2.99. The predicted octanol–water partition coefficient (Wildman–Crippen LogP) is 1.31. The standard InChI is InChI=1S/C16H22N2O3/c1-3-11-21-15-7-5-13(6-8-15)9-10-17-16(20)18-14(4-2)12-19/h1,5-8,14,19H,4,9-12H2,2H3,(H2,17,18,20). The monoisotopic (exact) mass is 290 g/mol. The summed E-state index contributed by atoms with van der Waals surface area (Å²) < 4.78 is 5.28. The molecule has 114 valence electrons. The highest BCUT2D eigenvalue weighted by atomic mass is 16.5. The molecule has 1 aromatic carbocycles. The summed E-state index contributed by atoms with van der Waals surface area (Å²) in [7, 11) is 0. The minimum Gasteiger partial charge on any atom is -0.481 e. The maximum absolute atomic E-state index is 11.6. The number of terminal acetylenes is 1. The quantitative estimate of drug-likeness (QED) is 0.632. The molecule has 0 saturated heterocycles. The van der Waals surface area contributed by atoms with E-state index in [2.05, 4.69) is 16.6 Å². The Balaban J connectivity index is 2.29. The molecule has 0 aliphatic heterocycles. The van der Waals surface area contributed by atoms with Crippen LogP contribution in [-0.4, -0.2) is 36.9 Å². The van der Waals surface area contributed by atoms with Crippen molar-refractivity contribution < 1.29 is 14.6 Å². The third-order valence-electron chi connectivity index (χ3n) is 2.99. The van der Waals surface area contributed by atoms with Gasteiger partial charge in [-0.15, -0.1) is 6.42 Å². The van der Waals surface area contributed by atoms with E-state index >= 15 is 0 Å². The summed E-state index contributed by atoms with van der Waals surface area (Å²) >= 11 is 0. The fourth-order valence-electron chi connectivity index (χ4n) is 1.71. The number of benzene rings is 1. The van der Waals surface area contributed by atoms with Crippen LogP contribution in [0.3, 0.4) is 0 Å². The maximum atomic E-state index is 11.6. The lowest BCUT2D eigenvalue weighted by atomic mass is 10.1. The molecule has 5 heteroatoms. The van der Waals surface area contributed by atoms with Gasteiger partial charge in [0.2, 0.25) is 0 Å². The first-order valence-corrected chi connectivity index (χ1v) is 7.00. The van der Waals surface area contributed by atoms with Crippen LogP contribution in [0.5, 0.6) is 5.75 Å². The summed E-state index contributed by atoms with van der Waals surface area (Å²) in [5.74, 6) is 3.14. The largest absolute Gasteiger partial charge is 0.481 e. The zero-order valence-corrected chi connectivity index (χ0v) is 12.3. The van der Waals surface area contributed by atoms with Gasteiger partial charge in [0, 0.05) is 6.54 Å². The molecule has 0 aliphatic rings. The Labute approximate surface area is 125 Å². The number of carbonyl (C=O) groups excluding carboxylic acids is 1. The summed E-state index contributed by atoms with van der Waals surface area (Å²) in [6.45, 7) is 2.64. The zero-order valence-electron chi connectivity index (χ0n) is 12.3. The molecule has 0 aromatic heterocycles. The van der Waals surface area contributed by atoms with Crippen molar-refractivity contribution in [2.24, 2.45) is 0 Å². The van der Waals surface area contributed by atoms with E-state index in [9.17, 15) is 4.79 Å². The first-order valence-electron chi connectivity index (χ1n) is 7.00. The lowest BCUT2D eigenvalue weighted by Gasteiger charge is -2.14. The van der Waals surface area contributed by atoms with Crippen molar-refractivity contribution in [3.63, 3.8) is 0 Å². The predicted molar refractivity (Wildman–Crippen MR) is 82.2 cm³/mol. The maximum Gasteiger partial charge on any atom is 0.315 e. The molecule has 21 heavy (non-hydrogen) atoms. The van der Waals surface area contributed by atoms with Gasteiger partial charge in [-0.25, -0.2) is 4.79 Å². The third kappa shape index (κ3) is 6.68. The van der Waals surface area contributed by atoms with Gasteiger partial charge in [0.1, 0.15) is 12.4 Å². The van der Waals surface area contributed by atoms with Gasteiger partial charge in [-0.1, -0.05) is 25.0 Å². The molecule has 0 radical (unpaired) electrons. The number of rotatable bonds is 8. The SMILES string of the molecule is C#CCOc1ccc(CCNC(=O)NC(CC)CO)cc1. The van der Waals surface area contributed by atoms with Gasteiger partial charge in [0.05, 0.1) is 12.6 Å². The topological polar surface area (TPSA) is 70.6 Å². The Hall–Kier alpha value is -2.19. The fourth-order valence-corrected chi connectivity index (χ4v) is 1.71. The number of urea groups is 1. The van der Waals surface area contributed by atoms with Gasteiger partial charge in [-0.3, -0.25) is 0 Å². The molecule has 0 spiro atoms. The number of aliphatic hydroxyl groups is 1. The van der Waals surface area contributed by atoms with Gasteiger partial charge < -0.3 is 20.5 Å². The van der Waals surface area contributed by atoms with Crippen LogP contribution in [0.1, 0.15) is 18.9 Å². The van der Waals surface area contributed by atoms with Gasteiger partial charge in [-0.05, 0) is 30.5 Å². The second-order valence-electron chi connectivity index (χ2n) is 4.57. The molecule has 3 N–H and O–H groups in total. The Morgan fingerprint density at radius 1 is 1.43 bits per heavy atom. The summed E-state index contributed by atoms with van der Waals surface area (Å²) in [6, 6.07) is 7.13. The van der Waals surface area contributed by atoms with Crippen molar-refractivity contribution in [1.82, 2.24) is 10.6 Å². The average molecular weight is 290 g/mol. The number of carbonyl (C=O) groups is 1. The highest BCUT2D eigenvalue weighted by Gasteiger charge is 2.07. The van der Waals surface area contributed by atoms with Crippen molar-refractivity contribution in [2.75, 3.05) is 19.8 Å². The molecule has 1 atom stereocenters. The summed E-state index contributed by atoms with van der Waals surface area (Å²) in [4.78, 5) is 11.6. The smallest absolute Gasteiger partial charge is 0.315 e. The van der Waals surface area contributed by atoms with E-state index in [0.717, 1.165) is 17.7 Å². The Kier molecular flexibility index (Phi) is 7.77. The molecule has 5 nitrogen and oxygen atoms in total. The lowest BCUT2D eigenvalue weighted by Crippen LogP contribution is -2.44. The van der Waals surface area contributed by atoms with Crippen molar-refractivity contribution in [2.45, 2.75) is 25.8 Å². The number of hydrogen-bond donors (Lipinski definition) is 3. The number of ether oxygens (including phenoxy) is 1. The van der Waals surface area contributed by atoms with E-state index in [-0.39, 0.29) is 25.3 Å². The molecule has 0 bridgehead atoms. The van der Waals surface area contributed by atoms with Gasteiger partial charge in [0.25, 0.3) is 0 Å². The normalized spacial score (nSPS) is 11.3. The lowest BCUT2D eigenvalue weighted by molar-refractivity contribution is 0.214. The van der Waals surface area contributed by atoms with E-state index in [1.54, 1.807) is 0 Å². The number of aliphatic hydroxyl groups excluding tert-OH is 1. The van der Waals surface area contributed by atoms with Crippen LogP contribution in [0.4, 0.5) is 4.79 Å². The van der Waals surface area contributed by atoms with Crippen LogP contribution in [0.25, 0.3) is 0 Å². The fraction of sp³-hybridized carbons (Fsp3) is 0.438.